The number of piperidine rings is 1. The molecule has 2 rings (SSSR count). The molecule has 0 aliphatic carbocycles. The van der Waals surface area contributed by atoms with Gasteiger partial charge in [-0.15, -0.1) is 0 Å². The minimum Gasteiger partial charge on any atom is -0.341 e. The topological polar surface area (TPSA) is 46.3 Å². The van der Waals surface area contributed by atoms with Gasteiger partial charge in [0.15, 0.2) is 0 Å². The van der Waals surface area contributed by atoms with Crippen LogP contribution in [0.2, 0.25) is 0 Å². The molecule has 2 unspecified atom stereocenters. The molecule has 2 N–H and O–H groups in total. The van der Waals surface area contributed by atoms with Gasteiger partial charge in [0.2, 0.25) is 5.91 Å². The van der Waals surface area contributed by atoms with Crippen LogP contribution in [0.25, 0.3) is 0 Å². The Balaban J connectivity index is 1.90. The molecule has 0 radical (unpaired) electrons. The van der Waals surface area contributed by atoms with Gasteiger partial charge in [0, 0.05) is 19.1 Å². The Morgan fingerprint density at radius 2 is 2.50 bits per heavy atom. The second-order valence-electron chi connectivity index (χ2n) is 4.58. The van der Waals surface area contributed by atoms with E-state index in [9.17, 15) is 4.79 Å². The summed E-state index contributed by atoms with van der Waals surface area (Å²) in [5.74, 6) is 0.742. The van der Waals surface area contributed by atoms with E-state index in [0.29, 0.717) is 18.9 Å². The van der Waals surface area contributed by atoms with Crippen LogP contribution < -0.4 is 5.73 Å². The lowest BCUT2D eigenvalue weighted by Gasteiger charge is -2.35. The first-order chi connectivity index (χ1) is 7.66. The van der Waals surface area contributed by atoms with Crippen molar-refractivity contribution in [2.75, 3.05) is 13.1 Å². The van der Waals surface area contributed by atoms with Gasteiger partial charge in [-0.1, -0.05) is 6.92 Å². The van der Waals surface area contributed by atoms with E-state index in [2.05, 4.69) is 6.92 Å². The number of hydrogen-bond acceptors (Lipinski definition) is 3. The van der Waals surface area contributed by atoms with E-state index in [4.69, 9.17) is 5.73 Å². The molecule has 16 heavy (non-hydrogen) atoms. The van der Waals surface area contributed by atoms with Gasteiger partial charge < -0.3 is 10.6 Å². The molecule has 1 aliphatic heterocycles. The maximum absolute atomic E-state index is 12.0. The molecule has 1 amide bonds. The van der Waals surface area contributed by atoms with Gasteiger partial charge in [0.05, 0.1) is 6.42 Å². The summed E-state index contributed by atoms with van der Waals surface area (Å²) in [7, 11) is 0. The number of carbonyl (C=O) groups excluding carboxylic acids is 1. The third-order valence-electron chi connectivity index (χ3n) is 3.30. The highest BCUT2D eigenvalue weighted by Crippen LogP contribution is 2.17. The first kappa shape index (κ1) is 11.6. The van der Waals surface area contributed by atoms with Crippen molar-refractivity contribution in [3.63, 3.8) is 0 Å². The lowest BCUT2D eigenvalue weighted by atomic mass is 9.94. The molecular weight excluding hydrogens is 220 g/mol. The first-order valence-electron chi connectivity index (χ1n) is 5.71. The number of rotatable bonds is 2. The number of amides is 1. The van der Waals surface area contributed by atoms with Gasteiger partial charge in [0.1, 0.15) is 0 Å². The average Bonchev–Trinajstić information content (AvgIpc) is 2.74. The predicted molar refractivity (Wildman–Crippen MR) is 66.4 cm³/mol. The summed E-state index contributed by atoms with van der Waals surface area (Å²) in [5, 5.41) is 4.04. The average molecular weight is 238 g/mol. The summed E-state index contributed by atoms with van der Waals surface area (Å²) in [6, 6.07) is 2.15. The standard InChI is InChI=1S/C12H18N2OS/c1-9-2-4-14(7-11(9)13)12(15)6-10-3-5-16-8-10/h3,5,8-9,11H,2,4,6-7,13H2,1H3. The maximum atomic E-state index is 12.0. The predicted octanol–water partition coefficient (Wildman–Crippen LogP) is 1.49. The molecule has 3 nitrogen and oxygen atoms in total. The van der Waals surface area contributed by atoms with Crippen LogP contribution >= 0.6 is 11.3 Å². The SMILES string of the molecule is CC1CCN(C(=O)Cc2ccsc2)CC1N. The summed E-state index contributed by atoms with van der Waals surface area (Å²) < 4.78 is 0. The third kappa shape index (κ3) is 2.62. The van der Waals surface area contributed by atoms with Crippen molar-refractivity contribution in [3.8, 4) is 0 Å². The molecule has 0 spiro atoms. The van der Waals surface area contributed by atoms with Gasteiger partial charge in [0.25, 0.3) is 0 Å². The quantitative estimate of drug-likeness (QED) is 0.848. The van der Waals surface area contributed by atoms with Crippen LogP contribution in [0.15, 0.2) is 16.8 Å². The molecular formula is C12H18N2OS. The summed E-state index contributed by atoms with van der Waals surface area (Å²) in [6.07, 6.45) is 1.54. The minimum absolute atomic E-state index is 0.139. The van der Waals surface area contributed by atoms with Crippen LogP contribution in [-0.2, 0) is 11.2 Å². The van der Waals surface area contributed by atoms with E-state index in [1.807, 2.05) is 21.7 Å². The normalized spacial score (nSPS) is 25.8. The lowest BCUT2D eigenvalue weighted by molar-refractivity contribution is -0.132. The molecule has 0 bridgehead atoms. The van der Waals surface area contributed by atoms with E-state index < -0.39 is 0 Å². The van der Waals surface area contributed by atoms with Crippen molar-refractivity contribution < 1.29 is 4.79 Å². The molecule has 1 fully saturated rings. The van der Waals surface area contributed by atoms with Gasteiger partial charge in [-0.25, -0.2) is 0 Å². The smallest absolute Gasteiger partial charge is 0.227 e. The van der Waals surface area contributed by atoms with E-state index in [1.165, 1.54) is 0 Å². The zero-order chi connectivity index (χ0) is 11.5. The fourth-order valence-electron chi connectivity index (χ4n) is 2.01. The largest absolute Gasteiger partial charge is 0.341 e. The molecule has 1 saturated heterocycles. The van der Waals surface area contributed by atoms with Crippen LogP contribution in [0.5, 0.6) is 0 Å². The van der Waals surface area contributed by atoms with Crippen LogP contribution in [0, 0.1) is 5.92 Å². The third-order valence-corrected chi connectivity index (χ3v) is 4.04. The Bertz CT molecular complexity index is 350. The van der Waals surface area contributed by atoms with Crippen molar-refractivity contribution in [2.24, 2.45) is 11.7 Å². The molecule has 0 saturated carbocycles. The minimum atomic E-state index is 0.139. The molecule has 4 heteroatoms. The number of hydrogen-bond donors (Lipinski definition) is 1. The number of nitrogens with two attached hydrogens (primary N) is 1. The molecule has 1 aliphatic rings. The lowest BCUT2D eigenvalue weighted by Crippen LogP contribution is -2.50. The summed E-state index contributed by atoms with van der Waals surface area (Å²) in [4.78, 5) is 13.9. The van der Waals surface area contributed by atoms with Crippen LogP contribution in [-0.4, -0.2) is 29.9 Å². The molecule has 1 aromatic heterocycles. The first-order valence-corrected chi connectivity index (χ1v) is 6.65. The van der Waals surface area contributed by atoms with Crippen molar-refractivity contribution in [1.29, 1.82) is 0 Å². The Morgan fingerprint density at radius 3 is 3.12 bits per heavy atom. The molecule has 0 aromatic carbocycles. The number of carbonyl (C=O) groups is 1. The Hall–Kier alpha value is -0.870. The highest BCUT2D eigenvalue weighted by Gasteiger charge is 2.26. The summed E-state index contributed by atoms with van der Waals surface area (Å²) in [5.41, 5.74) is 7.10. The maximum Gasteiger partial charge on any atom is 0.227 e. The Morgan fingerprint density at radius 1 is 1.69 bits per heavy atom. The molecule has 88 valence electrons. The van der Waals surface area contributed by atoms with Crippen molar-refractivity contribution in [1.82, 2.24) is 4.90 Å². The Labute approximate surface area is 100 Å². The number of likely N-dealkylation sites (tertiary alicyclic amines) is 1. The summed E-state index contributed by atoms with van der Waals surface area (Å²) >= 11 is 1.63. The molecule has 2 atom stereocenters. The Kier molecular flexibility index (Phi) is 3.61. The fourth-order valence-corrected chi connectivity index (χ4v) is 2.67. The second-order valence-corrected chi connectivity index (χ2v) is 5.36. The van der Waals surface area contributed by atoms with E-state index in [1.54, 1.807) is 11.3 Å². The van der Waals surface area contributed by atoms with Crippen LogP contribution in [0.1, 0.15) is 18.9 Å². The molecule has 1 aromatic rings. The van der Waals surface area contributed by atoms with Crippen LogP contribution in [0.4, 0.5) is 0 Å². The van der Waals surface area contributed by atoms with Crippen molar-refractivity contribution >= 4 is 17.2 Å². The van der Waals surface area contributed by atoms with Gasteiger partial charge in [-0.05, 0) is 34.7 Å². The van der Waals surface area contributed by atoms with Gasteiger partial charge in [-0.2, -0.15) is 11.3 Å². The molecule has 2 heterocycles. The summed E-state index contributed by atoms with van der Waals surface area (Å²) in [6.45, 7) is 3.73. The van der Waals surface area contributed by atoms with E-state index >= 15 is 0 Å². The second kappa shape index (κ2) is 4.97. The highest BCUT2D eigenvalue weighted by molar-refractivity contribution is 7.07. The van der Waals surface area contributed by atoms with Gasteiger partial charge in [-0.3, -0.25) is 4.79 Å². The van der Waals surface area contributed by atoms with Gasteiger partial charge >= 0.3 is 0 Å². The number of nitrogens with zero attached hydrogens (tertiary/aromatic N) is 1. The van der Waals surface area contributed by atoms with Crippen molar-refractivity contribution in [3.05, 3.63) is 22.4 Å². The van der Waals surface area contributed by atoms with Crippen LogP contribution in [0.3, 0.4) is 0 Å². The monoisotopic (exact) mass is 238 g/mol. The number of thiophene rings is 1. The zero-order valence-corrected chi connectivity index (χ0v) is 10.4. The van der Waals surface area contributed by atoms with E-state index in [-0.39, 0.29) is 11.9 Å². The fraction of sp³-hybridized carbons (Fsp3) is 0.583. The zero-order valence-electron chi connectivity index (χ0n) is 9.56. The van der Waals surface area contributed by atoms with Crippen molar-refractivity contribution in [2.45, 2.75) is 25.8 Å². The highest BCUT2D eigenvalue weighted by atomic mass is 32.1. The van der Waals surface area contributed by atoms with E-state index in [0.717, 1.165) is 18.5 Å².